The van der Waals surface area contributed by atoms with E-state index in [-0.39, 0.29) is 11.6 Å². The second-order valence-corrected chi connectivity index (χ2v) is 4.08. The fourth-order valence-corrected chi connectivity index (χ4v) is 2.56. The zero-order valence-electron chi connectivity index (χ0n) is 8.21. The fourth-order valence-electron chi connectivity index (χ4n) is 2.56. The van der Waals surface area contributed by atoms with Gasteiger partial charge in [-0.2, -0.15) is 8.78 Å². The molecular formula is C9H15F2NO2. The summed E-state index contributed by atoms with van der Waals surface area (Å²) >= 11 is 0. The van der Waals surface area contributed by atoms with Crippen molar-refractivity contribution in [2.24, 2.45) is 0 Å². The summed E-state index contributed by atoms with van der Waals surface area (Å²) in [5.74, 6) is 0. The SMILES string of the molecule is COC[C@@]12CCN1C[C@H](OC(F)F)C2. The van der Waals surface area contributed by atoms with Crippen LogP contribution in [0.5, 0.6) is 0 Å². The van der Waals surface area contributed by atoms with Crippen LogP contribution in [0.1, 0.15) is 12.8 Å². The molecule has 5 heteroatoms. The molecule has 2 saturated heterocycles. The minimum absolute atomic E-state index is 0.00565. The van der Waals surface area contributed by atoms with E-state index in [1.807, 2.05) is 0 Å². The van der Waals surface area contributed by atoms with Gasteiger partial charge in [0.2, 0.25) is 0 Å². The number of nitrogens with zero attached hydrogens (tertiary/aromatic N) is 1. The van der Waals surface area contributed by atoms with E-state index < -0.39 is 6.61 Å². The van der Waals surface area contributed by atoms with Crippen molar-refractivity contribution < 1.29 is 18.3 Å². The highest BCUT2D eigenvalue weighted by Crippen LogP contribution is 2.41. The van der Waals surface area contributed by atoms with Crippen LogP contribution < -0.4 is 0 Å². The van der Waals surface area contributed by atoms with Crippen LogP contribution in [0.25, 0.3) is 0 Å². The summed E-state index contributed by atoms with van der Waals surface area (Å²) < 4.78 is 33.7. The Kier molecular flexibility index (Phi) is 2.72. The maximum absolute atomic E-state index is 12.0. The molecule has 0 aromatic heterocycles. The zero-order chi connectivity index (χ0) is 10.2. The molecule has 0 amide bonds. The predicted molar refractivity (Wildman–Crippen MR) is 46.3 cm³/mol. The number of halogens is 2. The monoisotopic (exact) mass is 207 g/mol. The molecule has 0 aromatic rings. The minimum atomic E-state index is -2.65. The Morgan fingerprint density at radius 3 is 2.86 bits per heavy atom. The lowest BCUT2D eigenvalue weighted by Crippen LogP contribution is -2.58. The molecule has 2 atom stereocenters. The maximum atomic E-state index is 12.0. The molecule has 82 valence electrons. The summed E-state index contributed by atoms with van der Waals surface area (Å²) in [6.07, 6.45) is 1.38. The first-order valence-electron chi connectivity index (χ1n) is 4.84. The van der Waals surface area contributed by atoms with Crippen LogP contribution in [-0.2, 0) is 9.47 Å². The van der Waals surface area contributed by atoms with Crippen molar-refractivity contribution in [2.45, 2.75) is 31.1 Å². The van der Waals surface area contributed by atoms with E-state index in [0.717, 1.165) is 13.0 Å². The number of alkyl halides is 2. The van der Waals surface area contributed by atoms with Gasteiger partial charge in [0, 0.05) is 25.7 Å². The molecule has 0 radical (unpaired) electrons. The van der Waals surface area contributed by atoms with Crippen molar-refractivity contribution in [3.05, 3.63) is 0 Å². The topological polar surface area (TPSA) is 21.7 Å². The van der Waals surface area contributed by atoms with Crippen molar-refractivity contribution in [1.29, 1.82) is 0 Å². The van der Waals surface area contributed by atoms with Gasteiger partial charge < -0.3 is 9.47 Å². The van der Waals surface area contributed by atoms with Crippen LogP contribution in [-0.4, -0.2) is 50.0 Å². The standard InChI is InChI=1S/C9H15F2NO2/c1-13-6-9-2-3-12(9)5-7(4-9)14-8(10)11/h7-8H,2-6H2,1H3/t7-,9+/m1/s1. The Labute approximate surface area is 82.0 Å². The van der Waals surface area contributed by atoms with E-state index in [1.165, 1.54) is 0 Å². The summed E-state index contributed by atoms with van der Waals surface area (Å²) in [7, 11) is 1.65. The van der Waals surface area contributed by atoms with Crippen molar-refractivity contribution in [3.8, 4) is 0 Å². The Morgan fingerprint density at radius 2 is 2.36 bits per heavy atom. The molecule has 0 N–H and O–H groups in total. The van der Waals surface area contributed by atoms with Gasteiger partial charge in [-0.3, -0.25) is 4.90 Å². The lowest BCUT2D eigenvalue weighted by atomic mass is 9.85. The van der Waals surface area contributed by atoms with Gasteiger partial charge >= 0.3 is 6.61 Å². The quantitative estimate of drug-likeness (QED) is 0.688. The molecule has 3 nitrogen and oxygen atoms in total. The highest BCUT2D eigenvalue weighted by molar-refractivity contribution is 5.07. The molecular weight excluding hydrogens is 192 g/mol. The van der Waals surface area contributed by atoms with Crippen molar-refractivity contribution in [1.82, 2.24) is 4.90 Å². The van der Waals surface area contributed by atoms with Crippen LogP contribution in [0.4, 0.5) is 8.78 Å². The van der Waals surface area contributed by atoms with Crippen LogP contribution in [0.3, 0.4) is 0 Å². The summed E-state index contributed by atoms with van der Waals surface area (Å²) in [4.78, 5) is 2.18. The van der Waals surface area contributed by atoms with Gasteiger partial charge in [-0.25, -0.2) is 0 Å². The maximum Gasteiger partial charge on any atom is 0.345 e. The Morgan fingerprint density at radius 1 is 1.57 bits per heavy atom. The molecule has 14 heavy (non-hydrogen) atoms. The Balaban J connectivity index is 1.91. The zero-order valence-corrected chi connectivity index (χ0v) is 8.21. The second-order valence-electron chi connectivity index (χ2n) is 4.08. The molecule has 0 spiro atoms. The largest absolute Gasteiger partial charge is 0.383 e. The van der Waals surface area contributed by atoms with Gasteiger partial charge in [0.1, 0.15) is 0 Å². The molecule has 2 aliphatic rings. The van der Waals surface area contributed by atoms with Crippen molar-refractivity contribution in [3.63, 3.8) is 0 Å². The fraction of sp³-hybridized carbons (Fsp3) is 1.00. The summed E-state index contributed by atoms with van der Waals surface area (Å²) in [6.45, 7) is -0.436. The molecule has 0 bridgehead atoms. The molecule has 2 rings (SSSR count). The van der Waals surface area contributed by atoms with E-state index in [2.05, 4.69) is 9.64 Å². The van der Waals surface area contributed by atoms with Gasteiger partial charge in [-0.15, -0.1) is 0 Å². The smallest absolute Gasteiger partial charge is 0.345 e. The third-order valence-corrected chi connectivity index (χ3v) is 3.26. The molecule has 0 aliphatic carbocycles. The number of rotatable bonds is 4. The van der Waals surface area contributed by atoms with Crippen LogP contribution >= 0.6 is 0 Å². The molecule has 2 fully saturated rings. The van der Waals surface area contributed by atoms with Gasteiger partial charge in [0.15, 0.2) is 0 Å². The first-order chi connectivity index (χ1) is 6.66. The summed E-state index contributed by atoms with van der Waals surface area (Å²) in [6, 6.07) is 0. The molecule has 2 heterocycles. The molecule has 0 saturated carbocycles. The van der Waals surface area contributed by atoms with Crippen LogP contribution in [0.15, 0.2) is 0 Å². The van der Waals surface area contributed by atoms with E-state index >= 15 is 0 Å². The summed E-state index contributed by atoms with van der Waals surface area (Å²) in [5.41, 5.74) is -0.00565. The highest BCUT2D eigenvalue weighted by Gasteiger charge is 2.52. The lowest BCUT2D eigenvalue weighted by Gasteiger charge is -2.47. The normalized spacial score (nSPS) is 37.3. The molecule has 0 aromatic carbocycles. The highest BCUT2D eigenvalue weighted by atomic mass is 19.3. The van der Waals surface area contributed by atoms with Gasteiger partial charge in [0.25, 0.3) is 0 Å². The molecule has 0 unspecified atom stereocenters. The predicted octanol–water partition coefficient (Wildman–Crippen LogP) is 1.09. The third kappa shape index (κ3) is 1.64. The third-order valence-electron chi connectivity index (χ3n) is 3.26. The Hall–Kier alpha value is -0.260. The first kappa shape index (κ1) is 10.3. The van der Waals surface area contributed by atoms with Gasteiger partial charge in [-0.05, 0) is 12.8 Å². The summed E-state index contributed by atoms with van der Waals surface area (Å²) in [5, 5.41) is 0. The minimum Gasteiger partial charge on any atom is -0.383 e. The number of hydrogen-bond acceptors (Lipinski definition) is 3. The Bertz CT molecular complexity index is 215. The van der Waals surface area contributed by atoms with Gasteiger partial charge in [0.05, 0.1) is 12.7 Å². The average molecular weight is 207 g/mol. The van der Waals surface area contributed by atoms with Crippen LogP contribution in [0, 0.1) is 0 Å². The van der Waals surface area contributed by atoms with Crippen LogP contribution in [0.2, 0.25) is 0 Å². The average Bonchev–Trinajstić information content (AvgIpc) is 2.29. The number of methoxy groups -OCH3 is 1. The lowest BCUT2D eigenvalue weighted by molar-refractivity contribution is -0.158. The van der Waals surface area contributed by atoms with E-state index in [1.54, 1.807) is 7.11 Å². The van der Waals surface area contributed by atoms with Crippen molar-refractivity contribution >= 4 is 0 Å². The van der Waals surface area contributed by atoms with E-state index in [9.17, 15) is 8.78 Å². The van der Waals surface area contributed by atoms with E-state index in [0.29, 0.717) is 19.6 Å². The molecule has 2 aliphatic heterocycles. The number of ether oxygens (including phenoxy) is 2. The number of hydrogen-bond donors (Lipinski definition) is 0. The second kappa shape index (κ2) is 3.72. The van der Waals surface area contributed by atoms with Crippen molar-refractivity contribution in [2.75, 3.05) is 26.8 Å². The van der Waals surface area contributed by atoms with Gasteiger partial charge in [-0.1, -0.05) is 0 Å². The first-order valence-corrected chi connectivity index (χ1v) is 4.84. The van der Waals surface area contributed by atoms with E-state index in [4.69, 9.17) is 4.74 Å². The number of fused-ring (bicyclic) bond motifs is 1.